The first-order valence-electron chi connectivity index (χ1n) is 8.21. The number of urea groups is 1. The summed E-state index contributed by atoms with van der Waals surface area (Å²) in [6.07, 6.45) is 0.572. The lowest BCUT2D eigenvalue weighted by molar-refractivity contribution is 0.0809. The Morgan fingerprint density at radius 1 is 1.33 bits per heavy atom. The van der Waals surface area contributed by atoms with Crippen LogP contribution in [0.1, 0.15) is 30.1 Å². The Bertz CT molecular complexity index is 561. The van der Waals surface area contributed by atoms with Crippen LogP contribution in [0.2, 0.25) is 0 Å². The quantitative estimate of drug-likeness (QED) is 0.765. The molecule has 7 nitrogen and oxygen atoms in total. The molecule has 1 aliphatic rings. The average molecular weight is 335 g/mol. The van der Waals surface area contributed by atoms with E-state index in [1.807, 2.05) is 6.92 Å². The van der Waals surface area contributed by atoms with E-state index in [1.54, 1.807) is 36.3 Å². The summed E-state index contributed by atoms with van der Waals surface area (Å²) < 4.78 is 5.07. The molecule has 0 unspecified atom stereocenters. The van der Waals surface area contributed by atoms with Crippen molar-refractivity contribution >= 4 is 11.9 Å². The van der Waals surface area contributed by atoms with Crippen LogP contribution in [0.3, 0.4) is 0 Å². The molecule has 0 aromatic heterocycles. The van der Waals surface area contributed by atoms with E-state index in [0.717, 1.165) is 0 Å². The molecule has 1 aromatic rings. The molecule has 2 rings (SSSR count). The van der Waals surface area contributed by atoms with E-state index < -0.39 is 12.1 Å². The molecule has 0 saturated carbocycles. The van der Waals surface area contributed by atoms with Crippen LogP contribution in [0.15, 0.2) is 24.3 Å². The van der Waals surface area contributed by atoms with Crippen LogP contribution >= 0.6 is 0 Å². The Morgan fingerprint density at radius 3 is 2.67 bits per heavy atom. The highest BCUT2D eigenvalue weighted by Gasteiger charge is 2.29. The van der Waals surface area contributed by atoms with Gasteiger partial charge < -0.3 is 25.4 Å². The first-order chi connectivity index (χ1) is 11.5. The Morgan fingerprint density at radius 2 is 2.04 bits per heavy atom. The van der Waals surface area contributed by atoms with E-state index in [0.29, 0.717) is 37.2 Å². The number of rotatable bonds is 4. The summed E-state index contributed by atoms with van der Waals surface area (Å²) in [5, 5.41) is 15.9. The number of hydrogen-bond donors (Lipinski definition) is 3. The molecule has 7 heteroatoms. The largest absolute Gasteiger partial charge is 0.497 e. The molecule has 1 heterocycles. The number of amides is 3. The predicted molar refractivity (Wildman–Crippen MR) is 90.1 cm³/mol. The minimum absolute atomic E-state index is 0.171. The zero-order valence-corrected chi connectivity index (χ0v) is 14.1. The van der Waals surface area contributed by atoms with Gasteiger partial charge in [-0.25, -0.2) is 4.79 Å². The van der Waals surface area contributed by atoms with Gasteiger partial charge >= 0.3 is 6.03 Å². The number of carbonyl (C=O) groups excluding carboxylic acids is 2. The highest BCUT2D eigenvalue weighted by molar-refractivity contribution is 5.94. The van der Waals surface area contributed by atoms with Gasteiger partial charge in [0.25, 0.3) is 5.91 Å². The number of aliphatic hydroxyl groups excluding tert-OH is 1. The third kappa shape index (κ3) is 4.61. The molecular weight excluding hydrogens is 310 g/mol. The maximum absolute atomic E-state index is 12.4. The maximum Gasteiger partial charge on any atom is 0.317 e. The average Bonchev–Trinajstić information content (AvgIpc) is 2.77. The molecule has 1 saturated heterocycles. The van der Waals surface area contributed by atoms with Crippen LogP contribution in [0.5, 0.6) is 5.75 Å². The molecule has 3 amide bonds. The van der Waals surface area contributed by atoms with Gasteiger partial charge in [0.05, 0.1) is 19.3 Å². The number of hydrogen-bond acceptors (Lipinski definition) is 4. The molecule has 132 valence electrons. The zero-order valence-electron chi connectivity index (χ0n) is 14.1. The molecular formula is C17H25N3O4. The van der Waals surface area contributed by atoms with Crippen molar-refractivity contribution in [2.24, 2.45) is 0 Å². The molecule has 0 radical (unpaired) electrons. The summed E-state index contributed by atoms with van der Waals surface area (Å²) in [6.45, 7) is 3.25. The van der Waals surface area contributed by atoms with Gasteiger partial charge in [-0.1, -0.05) is 0 Å². The smallest absolute Gasteiger partial charge is 0.317 e. The van der Waals surface area contributed by atoms with Crippen molar-refractivity contribution in [2.75, 3.05) is 26.7 Å². The van der Waals surface area contributed by atoms with E-state index in [4.69, 9.17) is 4.74 Å². The van der Waals surface area contributed by atoms with Crippen molar-refractivity contribution in [3.8, 4) is 5.75 Å². The highest BCUT2D eigenvalue weighted by Crippen LogP contribution is 2.14. The van der Waals surface area contributed by atoms with Gasteiger partial charge in [0.15, 0.2) is 0 Å². The normalized spacial score (nSPS) is 20.9. The lowest BCUT2D eigenvalue weighted by atomic mass is 10.1. The molecule has 1 fully saturated rings. The fourth-order valence-electron chi connectivity index (χ4n) is 2.73. The van der Waals surface area contributed by atoms with E-state index in [1.165, 1.54) is 0 Å². The minimum Gasteiger partial charge on any atom is -0.497 e. The molecule has 2 atom stereocenters. The van der Waals surface area contributed by atoms with Crippen molar-refractivity contribution in [1.82, 2.24) is 15.5 Å². The standard InChI is InChI=1S/C17H25N3O4/c1-3-18-17(23)20-10-4-5-15(21)14(11-20)19-16(22)12-6-8-13(24-2)9-7-12/h6-9,14-15,21H,3-5,10-11H2,1-2H3,(H,18,23)(H,19,22)/t14-,15-/m1/s1. The lowest BCUT2D eigenvalue weighted by Gasteiger charge is -2.27. The van der Waals surface area contributed by atoms with Gasteiger partial charge in [-0.15, -0.1) is 0 Å². The molecule has 3 N–H and O–H groups in total. The summed E-state index contributed by atoms with van der Waals surface area (Å²) in [4.78, 5) is 26.1. The highest BCUT2D eigenvalue weighted by atomic mass is 16.5. The van der Waals surface area contributed by atoms with Crippen LogP contribution in [-0.4, -0.2) is 60.8 Å². The molecule has 0 bridgehead atoms. The van der Waals surface area contributed by atoms with Crippen LogP contribution in [-0.2, 0) is 0 Å². The van der Waals surface area contributed by atoms with Crippen molar-refractivity contribution in [3.05, 3.63) is 29.8 Å². The van der Waals surface area contributed by atoms with Crippen LogP contribution in [0.4, 0.5) is 4.79 Å². The summed E-state index contributed by atoms with van der Waals surface area (Å²) in [6, 6.07) is 6.08. The van der Waals surface area contributed by atoms with Gasteiger partial charge in [0.1, 0.15) is 5.75 Å². The van der Waals surface area contributed by atoms with Crippen LogP contribution in [0, 0.1) is 0 Å². The molecule has 1 aliphatic heterocycles. The van der Waals surface area contributed by atoms with Crippen LogP contribution in [0.25, 0.3) is 0 Å². The van der Waals surface area contributed by atoms with Gasteiger partial charge in [0, 0.05) is 25.2 Å². The van der Waals surface area contributed by atoms with Crippen molar-refractivity contribution in [3.63, 3.8) is 0 Å². The SMILES string of the molecule is CCNC(=O)N1CCC[C@@H](O)[C@H](NC(=O)c2ccc(OC)cc2)C1. The third-order valence-electron chi connectivity index (χ3n) is 4.09. The topological polar surface area (TPSA) is 90.9 Å². The van der Waals surface area contributed by atoms with E-state index in [-0.39, 0.29) is 18.5 Å². The van der Waals surface area contributed by atoms with Crippen molar-refractivity contribution < 1.29 is 19.4 Å². The van der Waals surface area contributed by atoms with Gasteiger partial charge in [0.2, 0.25) is 0 Å². The minimum atomic E-state index is -0.674. The maximum atomic E-state index is 12.4. The van der Waals surface area contributed by atoms with E-state index >= 15 is 0 Å². The molecule has 1 aromatic carbocycles. The van der Waals surface area contributed by atoms with E-state index in [9.17, 15) is 14.7 Å². The molecule has 0 aliphatic carbocycles. The molecule has 24 heavy (non-hydrogen) atoms. The number of aliphatic hydroxyl groups is 1. The van der Waals surface area contributed by atoms with Crippen LogP contribution < -0.4 is 15.4 Å². The Balaban J connectivity index is 2.03. The second-order valence-corrected chi connectivity index (χ2v) is 5.80. The van der Waals surface area contributed by atoms with Crippen molar-refractivity contribution in [2.45, 2.75) is 31.9 Å². The number of ether oxygens (including phenoxy) is 1. The fourth-order valence-corrected chi connectivity index (χ4v) is 2.73. The van der Waals surface area contributed by atoms with Gasteiger partial charge in [-0.3, -0.25) is 4.79 Å². The number of benzene rings is 1. The van der Waals surface area contributed by atoms with E-state index in [2.05, 4.69) is 10.6 Å². The first-order valence-corrected chi connectivity index (χ1v) is 8.21. The summed E-state index contributed by atoms with van der Waals surface area (Å²) in [7, 11) is 1.56. The summed E-state index contributed by atoms with van der Waals surface area (Å²) in [5.74, 6) is 0.392. The number of carbonyl (C=O) groups is 2. The first kappa shape index (κ1) is 18.1. The number of likely N-dealkylation sites (tertiary alicyclic amines) is 1. The fraction of sp³-hybridized carbons (Fsp3) is 0.529. The third-order valence-corrected chi connectivity index (χ3v) is 4.09. The Hall–Kier alpha value is -2.28. The van der Waals surface area contributed by atoms with Crippen molar-refractivity contribution in [1.29, 1.82) is 0 Å². The Labute approximate surface area is 142 Å². The number of nitrogens with zero attached hydrogens (tertiary/aromatic N) is 1. The monoisotopic (exact) mass is 335 g/mol. The second-order valence-electron chi connectivity index (χ2n) is 5.80. The lowest BCUT2D eigenvalue weighted by Crippen LogP contribution is -2.51. The predicted octanol–water partition coefficient (Wildman–Crippen LogP) is 0.980. The van der Waals surface area contributed by atoms with Gasteiger partial charge in [-0.2, -0.15) is 0 Å². The summed E-state index contributed by atoms with van der Waals surface area (Å²) >= 11 is 0. The zero-order chi connectivity index (χ0) is 17.5. The van der Waals surface area contributed by atoms with Gasteiger partial charge in [-0.05, 0) is 44.0 Å². The second kappa shape index (κ2) is 8.54. The molecule has 0 spiro atoms. The summed E-state index contributed by atoms with van der Waals surface area (Å²) in [5.41, 5.74) is 0.483. The Kier molecular flexibility index (Phi) is 6.43. The number of methoxy groups -OCH3 is 1. The number of nitrogens with one attached hydrogen (secondary N) is 2.